The lowest BCUT2D eigenvalue weighted by molar-refractivity contribution is 0.0620. The van der Waals surface area contributed by atoms with E-state index in [0.717, 1.165) is 37.4 Å². The molecule has 0 aliphatic carbocycles. The number of piperidine rings is 3. The number of carbonyl (C=O) groups is 1. The summed E-state index contributed by atoms with van der Waals surface area (Å²) in [5.41, 5.74) is 0. The van der Waals surface area contributed by atoms with Gasteiger partial charge < -0.3 is 10.2 Å². The summed E-state index contributed by atoms with van der Waals surface area (Å²) in [7, 11) is 0. The number of aromatic nitrogens is 2. The molecule has 8 heteroatoms. The van der Waals surface area contributed by atoms with E-state index in [2.05, 4.69) is 20.4 Å². The van der Waals surface area contributed by atoms with Gasteiger partial charge in [-0.15, -0.1) is 10.2 Å². The molecule has 0 radical (unpaired) electrons. The van der Waals surface area contributed by atoms with Crippen molar-refractivity contribution in [3.63, 3.8) is 0 Å². The van der Waals surface area contributed by atoms with Gasteiger partial charge in [-0.05, 0) is 50.0 Å². The van der Waals surface area contributed by atoms with E-state index in [1.165, 1.54) is 35.2 Å². The number of carbonyl (C=O) groups excluding carboxylic acids is 1. The Morgan fingerprint density at radius 3 is 2.88 bits per heavy atom. The minimum Gasteiger partial charge on any atom is -0.346 e. The predicted molar refractivity (Wildman–Crippen MR) is 90.9 cm³/mol. The smallest absolute Gasteiger partial charge is 0.282 e. The van der Waals surface area contributed by atoms with Crippen molar-refractivity contribution in [1.29, 1.82) is 0 Å². The molecule has 3 aliphatic heterocycles. The SMILES string of the molecule is O=C(NC1CN2CCC1CC2)c1nnc(Sc2cccc(F)c2)s1. The van der Waals surface area contributed by atoms with Crippen LogP contribution in [0.1, 0.15) is 22.6 Å². The zero-order valence-corrected chi connectivity index (χ0v) is 14.6. The summed E-state index contributed by atoms with van der Waals surface area (Å²) in [6.07, 6.45) is 2.31. The number of nitrogens with one attached hydrogen (secondary N) is 1. The van der Waals surface area contributed by atoms with Crippen molar-refractivity contribution >= 4 is 29.0 Å². The second-order valence-corrected chi connectivity index (χ2v) is 8.45. The van der Waals surface area contributed by atoms with Crippen LogP contribution in [0.15, 0.2) is 33.5 Å². The molecule has 126 valence electrons. The summed E-state index contributed by atoms with van der Waals surface area (Å²) in [5.74, 6) is 0.134. The maximum atomic E-state index is 13.2. The van der Waals surface area contributed by atoms with E-state index in [4.69, 9.17) is 0 Å². The quantitative estimate of drug-likeness (QED) is 0.904. The molecule has 1 N–H and O–H groups in total. The van der Waals surface area contributed by atoms with Gasteiger partial charge in [0.1, 0.15) is 5.82 Å². The molecule has 1 aromatic heterocycles. The Labute approximate surface area is 147 Å². The van der Waals surface area contributed by atoms with Crippen molar-refractivity contribution in [1.82, 2.24) is 20.4 Å². The molecule has 0 saturated carbocycles. The summed E-state index contributed by atoms with van der Waals surface area (Å²) in [6, 6.07) is 6.51. The number of rotatable bonds is 4. The van der Waals surface area contributed by atoms with E-state index in [1.807, 2.05) is 6.07 Å². The maximum absolute atomic E-state index is 13.2. The second-order valence-electron chi connectivity index (χ2n) is 6.15. The summed E-state index contributed by atoms with van der Waals surface area (Å²) in [4.78, 5) is 15.6. The van der Waals surface area contributed by atoms with Gasteiger partial charge in [0.2, 0.25) is 5.01 Å². The molecule has 5 nitrogen and oxygen atoms in total. The first-order valence-corrected chi connectivity index (χ1v) is 9.61. The van der Waals surface area contributed by atoms with Crippen LogP contribution < -0.4 is 5.32 Å². The average molecular weight is 364 g/mol. The number of hydrogen-bond donors (Lipinski definition) is 1. The van der Waals surface area contributed by atoms with Gasteiger partial charge in [-0.3, -0.25) is 4.79 Å². The minimum absolute atomic E-state index is 0.155. The number of benzene rings is 1. The Morgan fingerprint density at radius 1 is 1.33 bits per heavy atom. The molecule has 1 amide bonds. The Morgan fingerprint density at radius 2 is 2.17 bits per heavy atom. The fourth-order valence-electron chi connectivity index (χ4n) is 3.33. The second kappa shape index (κ2) is 6.78. The third-order valence-electron chi connectivity index (χ3n) is 4.57. The monoisotopic (exact) mass is 364 g/mol. The first kappa shape index (κ1) is 16.0. The van der Waals surface area contributed by atoms with Crippen LogP contribution in [0.4, 0.5) is 4.39 Å². The van der Waals surface area contributed by atoms with Crippen LogP contribution in [0.3, 0.4) is 0 Å². The predicted octanol–water partition coefficient (Wildman–Crippen LogP) is 2.65. The largest absolute Gasteiger partial charge is 0.346 e. The Bertz CT molecular complexity index is 745. The number of hydrogen-bond acceptors (Lipinski definition) is 6. The molecule has 3 saturated heterocycles. The van der Waals surface area contributed by atoms with Crippen LogP contribution in [0, 0.1) is 11.7 Å². The van der Waals surface area contributed by atoms with E-state index >= 15 is 0 Å². The molecule has 3 aliphatic rings. The molecule has 5 rings (SSSR count). The van der Waals surface area contributed by atoms with Crippen LogP contribution in [-0.2, 0) is 0 Å². The van der Waals surface area contributed by atoms with Crippen LogP contribution in [0.5, 0.6) is 0 Å². The highest BCUT2D eigenvalue weighted by molar-refractivity contribution is 8.01. The average Bonchev–Trinajstić information content (AvgIpc) is 3.05. The Hall–Kier alpha value is -1.51. The fourth-order valence-corrected chi connectivity index (χ4v) is 5.11. The molecule has 2 aromatic rings. The number of amides is 1. The van der Waals surface area contributed by atoms with Crippen molar-refractivity contribution < 1.29 is 9.18 Å². The van der Waals surface area contributed by atoms with E-state index in [0.29, 0.717) is 15.3 Å². The van der Waals surface area contributed by atoms with Crippen molar-refractivity contribution in [2.24, 2.45) is 5.92 Å². The first-order chi connectivity index (χ1) is 11.7. The zero-order chi connectivity index (χ0) is 16.5. The summed E-state index contributed by atoms with van der Waals surface area (Å²) < 4.78 is 13.9. The number of halogens is 1. The number of fused-ring (bicyclic) bond motifs is 3. The Kier molecular flexibility index (Phi) is 4.51. The van der Waals surface area contributed by atoms with Gasteiger partial charge in [-0.1, -0.05) is 29.2 Å². The highest BCUT2D eigenvalue weighted by atomic mass is 32.2. The molecule has 1 unspecified atom stereocenters. The van der Waals surface area contributed by atoms with E-state index < -0.39 is 0 Å². The van der Waals surface area contributed by atoms with Gasteiger partial charge in [0, 0.05) is 17.5 Å². The van der Waals surface area contributed by atoms with Crippen molar-refractivity contribution in [2.75, 3.05) is 19.6 Å². The molecule has 0 spiro atoms. The summed E-state index contributed by atoms with van der Waals surface area (Å²) in [5, 5.41) is 11.5. The van der Waals surface area contributed by atoms with Crippen molar-refractivity contribution in [3.8, 4) is 0 Å². The lowest BCUT2D eigenvalue weighted by Crippen LogP contribution is -2.57. The highest BCUT2D eigenvalue weighted by Crippen LogP contribution is 2.31. The molecule has 4 heterocycles. The summed E-state index contributed by atoms with van der Waals surface area (Å²) in [6.45, 7) is 3.22. The zero-order valence-electron chi connectivity index (χ0n) is 12.9. The summed E-state index contributed by atoms with van der Waals surface area (Å²) >= 11 is 2.56. The van der Waals surface area contributed by atoms with E-state index in [1.54, 1.807) is 6.07 Å². The van der Waals surface area contributed by atoms with E-state index in [-0.39, 0.29) is 17.8 Å². The lowest BCUT2D eigenvalue weighted by atomic mass is 9.84. The van der Waals surface area contributed by atoms with Crippen LogP contribution in [0.2, 0.25) is 0 Å². The normalized spacial score (nSPS) is 25.6. The first-order valence-electron chi connectivity index (χ1n) is 7.97. The van der Waals surface area contributed by atoms with Gasteiger partial charge in [0.15, 0.2) is 4.34 Å². The Balaban J connectivity index is 1.40. The van der Waals surface area contributed by atoms with Crippen molar-refractivity contribution in [2.45, 2.75) is 28.1 Å². The highest BCUT2D eigenvalue weighted by Gasteiger charge is 2.35. The minimum atomic E-state index is -0.287. The third kappa shape index (κ3) is 3.45. The topological polar surface area (TPSA) is 58.1 Å². The third-order valence-corrected chi connectivity index (χ3v) is 6.54. The molecule has 1 aromatic carbocycles. The van der Waals surface area contributed by atoms with Crippen LogP contribution >= 0.6 is 23.1 Å². The number of nitrogens with zero attached hydrogens (tertiary/aromatic N) is 3. The maximum Gasteiger partial charge on any atom is 0.282 e. The van der Waals surface area contributed by atoms with Gasteiger partial charge in [-0.25, -0.2) is 4.39 Å². The standard InChI is InChI=1S/C16H17FN4OS2/c17-11-2-1-3-12(8-11)23-16-20-19-15(24-16)14(22)18-13-9-21-6-4-10(13)5-7-21/h1-3,8,10,13H,4-7,9H2,(H,18,22). The van der Waals surface area contributed by atoms with E-state index in [9.17, 15) is 9.18 Å². The fraction of sp³-hybridized carbons (Fsp3) is 0.438. The van der Waals surface area contributed by atoms with Gasteiger partial charge in [0.05, 0.1) is 0 Å². The molecule has 3 fully saturated rings. The molecular formula is C16H17FN4OS2. The molecular weight excluding hydrogens is 347 g/mol. The molecule has 2 bridgehead atoms. The van der Waals surface area contributed by atoms with Crippen LogP contribution in [-0.4, -0.2) is 46.7 Å². The van der Waals surface area contributed by atoms with Gasteiger partial charge in [0.25, 0.3) is 5.91 Å². The molecule has 1 atom stereocenters. The molecule has 24 heavy (non-hydrogen) atoms. The van der Waals surface area contributed by atoms with Crippen molar-refractivity contribution in [3.05, 3.63) is 35.1 Å². The van der Waals surface area contributed by atoms with Gasteiger partial charge >= 0.3 is 0 Å². The lowest BCUT2D eigenvalue weighted by Gasteiger charge is -2.44. The van der Waals surface area contributed by atoms with Gasteiger partial charge in [-0.2, -0.15) is 0 Å². The van der Waals surface area contributed by atoms with Crippen LogP contribution in [0.25, 0.3) is 0 Å².